The molecule has 0 fully saturated rings. The lowest BCUT2D eigenvalue weighted by Gasteiger charge is -2.32. The van der Waals surface area contributed by atoms with E-state index in [0.29, 0.717) is 11.3 Å². The number of ketones is 1. The molecule has 22 heavy (non-hydrogen) atoms. The minimum absolute atomic E-state index is 0.0257. The van der Waals surface area contributed by atoms with Crippen molar-refractivity contribution in [3.63, 3.8) is 0 Å². The first kappa shape index (κ1) is 15.8. The Kier molecular flexibility index (Phi) is 4.05. The Hall–Kier alpha value is -2.61. The predicted molar refractivity (Wildman–Crippen MR) is 73.0 cm³/mol. The minimum Gasteiger partial charge on any atom is -0.465 e. The molecule has 2 rings (SSSR count). The predicted octanol–water partition coefficient (Wildman–Crippen LogP) is 2.17. The number of carbonyl (C=O) groups is 3. The zero-order valence-electron chi connectivity index (χ0n) is 12.0. The van der Waals surface area contributed by atoms with Crippen LogP contribution in [0.15, 0.2) is 18.2 Å². The van der Waals surface area contributed by atoms with E-state index in [1.165, 1.54) is 12.1 Å². The Labute approximate surface area is 125 Å². The average molecular weight is 309 g/mol. The summed E-state index contributed by atoms with van der Waals surface area (Å²) >= 11 is 0. The van der Waals surface area contributed by atoms with Crippen LogP contribution in [-0.2, 0) is 11.3 Å². The van der Waals surface area contributed by atoms with Gasteiger partial charge in [-0.05, 0) is 18.2 Å². The molecule has 0 spiro atoms. The number of rotatable bonds is 3. The second-order valence-electron chi connectivity index (χ2n) is 5.19. The molecule has 1 aromatic rings. The molecule has 0 aromatic heterocycles. The standard InChI is InChI=1S/C14H15NO7/c1-14(2)21-7-9-5-8(3-4-11(9)22-14)10(16)6-15(12(17)18)13(19)20/h3-5H,6-7H2,1-2H3,(H,17,18)(H,19,20). The molecule has 8 heteroatoms. The van der Waals surface area contributed by atoms with Gasteiger partial charge in [0.25, 0.3) is 0 Å². The van der Waals surface area contributed by atoms with E-state index in [2.05, 4.69) is 0 Å². The van der Waals surface area contributed by atoms with Crippen molar-refractivity contribution >= 4 is 18.0 Å². The smallest absolute Gasteiger partial charge is 0.417 e. The number of amides is 2. The number of hydrogen-bond acceptors (Lipinski definition) is 5. The SMILES string of the molecule is CC1(C)OCc2cc(C(=O)CN(C(=O)O)C(=O)O)ccc2O1. The number of nitrogens with zero attached hydrogens (tertiary/aromatic N) is 1. The van der Waals surface area contributed by atoms with E-state index in [9.17, 15) is 14.4 Å². The number of imide groups is 1. The summed E-state index contributed by atoms with van der Waals surface area (Å²) in [4.78, 5) is 33.6. The van der Waals surface area contributed by atoms with E-state index in [4.69, 9.17) is 19.7 Å². The van der Waals surface area contributed by atoms with Gasteiger partial charge in [0.2, 0.25) is 5.79 Å². The third-order valence-electron chi connectivity index (χ3n) is 3.08. The van der Waals surface area contributed by atoms with Crippen molar-refractivity contribution in [2.24, 2.45) is 0 Å². The molecular weight excluding hydrogens is 294 g/mol. The quantitative estimate of drug-likeness (QED) is 0.822. The first-order valence-corrected chi connectivity index (χ1v) is 6.42. The molecular formula is C14H15NO7. The molecule has 0 atom stereocenters. The minimum atomic E-state index is -1.70. The molecule has 1 aromatic carbocycles. The van der Waals surface area contributed by atoms with Crippen LogP contribution in [0.2, 0.25) is 0 Å². The van der Waals surface area contributed by atoms with Crippen LogP contribution in [0.25, 0.3) is 0 Å². The number of ether oxygens (including phenoxy) is 2. The molecule has 1 aliphatic rings. The first-order chi connectivity index (χ1) is 10.2. The molecule has 2 amide bonds. The van der Waals surface area contributed by atoms with Crippen LogP contribution < -0.4 is 4.74 Å². The number of Topliss-reactive ketones (excluding diaryl/α,β-unsaturated/α-hetero) is 1. The summed E-state index contributed by atoms with van der Waals surface area (Å²) in [6.45, 7) is 2.99. The molecule has 1 aliphatic heterocycles. The number of benzene rings is 1. The maximum Gasteiger partial charge on any atom is 0.417 e. The van der Waals surface area contributed by atoms with Gasteiger partial charge in [0.15, 0.2) is 5.78 Å². The number of hydrogen-bond donors (Lipinski definition) is 2. The van der Waals surface area contributed by atoms with E-state index in [1.807, 2.05) is 0 Å². The average Bonchev–Trinajstić information content (AvgIpc) is 2.42. The fourth-order valence-corrected chi connectivity index (χ4v) is 1.96. The molecule has 0 saturated carbocycles. The lowest BCUT2D eigenvalue weighted by molar-refractivity contribution is -0.180. The second kappa shape index (κ2) is 5.64. The Morgan fingerprint density at radius 3 is 2.45 bits per heavy atom. The van der Waals surface area contributed by atoms with Crippen LogP contribution in [0, 0.1) is 0 Å². The molecule has 2 N–H and O–H groups in total. The van der Waals surface area contributed by atoms with Crippen LogP contribution >= 0.6 is 0 Å². The maximum atomic E-state index is 12.0. The summed E-state index contributed by atoms with van der Waals surface area (Å²) in [5.41, 5.74) is 0.834. The highest BCUT2D eigenvalue weighted by Crippen LogP contribution is 2.31. The van der Waals surface area contributed by atoms with E-state index in [-0.39, 0.29) is 17.1 Å². The first-order valence-electron chi connectivity index (χ1n) is 6.42. The summed E-state index contributed by atoms with van der Waals surface area (Å²) in [6.07, 6.45) is -3.40. The summed E-state index contributed by atoms with van der Waals surface area (Å²) in [5, 5.41) is 17.5. The van der Waals surface area contributed by atoms with Gasteiger partial charge in [-0.15, -0.1) is 0 Å². The summed E-state index contributed by atoms with van der Waals surface area (Å²) in [7, 11) is 0. The van der Waals surface area contributed by atoms with Gasteiger partial charge in [-0.3, -0.25) is 4.79 Å². The highest BCUT2D eigenvalue weighted by atomic mass is 16.7. The Morgan fingerprint density at radius 2 is 1.86 bits per heavy atom. The molecule has 0 unspecified atom stereocenters. The maximum absolute atomic E-state index is 12.0. The largest absolute Gasteiger partial charge is 0.465 e. The monoisotopic (exact) mass is 309 g/mol. The van der Waals surface area contributed by atoms with E-state index < -0.39 is 30.3 Å². The number of carboxylic acid groups (broad SMARTS) is 2. The van der Waals surface area contributed by atoms with Gasteiger partial charge in [0.1, 0.15) is 5.75 Å². The molecule has 1 heterocycles. The zero-order valence-corrected chi connectivity index (χ0v) is 12.0. The fraction of sp³-hybridized carbons (Fsp3) is 0.357. The van der Waals surface area contributed by atoms with Crippen molar-refractivity contribution in [2.75, 3.05) is 6.54 Å². The Bertz CT molecular complexity index is 624. The van der Waals surface area contributed by atoms with Crippen molar-refractivity contribution in [1.29, 1.82) is 0 Å². The third kappa shape index (κ3) is 3.34. The van der Waals surface area contributed by atoms with Crippen molar-refractivity contribution in [2.45, 2.75) is 26.2 Å². The van der Waals surface area contributed by atoms with Crippen molar-refractivity contribution in [1.82, 2.24) is 4.90 Å². The number of carbonyl (C=O) groups excluding carboxylic acids is 1. The summed E-state index contributed by atoms with van der Waals surface area (Å²) in [5.74, 6) is -0.819. The lowest BCUT2D eigenvalue weighted by Crippen LogP contribution is -2.38. The van der Waals surface area contributed by atoms with Gasteiger partial charge < -0.3 is 19.7 Å². The molecule has 8 nitrogen and oxygen atoms in total. The Balaban J connectivity index is 2.18. The molecule has 0 aliphatic carbocycles. The third-order valence-corrected chi connectivity index (χ3v) is 3.08. The Morgan fingerprint density at radius 1 is 1.23 bits per heavy atom. The van der Waals surface area contributed by atoms with Gasteiger partial charge in [-0.1, -0.05) is 0 Å². The van der Waals surface area contributed by atoms with Gasteiger partial charge in [-0.2, -0.15) is 0 Å². The van der Waals surface area contributed by atoms with Crippen molar-refractivity contribution < 1.29 is 34.1 Å². The van der Waals surface area contributed by atoms with Gasteiger partial charge >= 0.3 is 12.2 Å². The van der Waals surface area contributed by atoms with E-state index in [1.54, 1.807) is 19.9 Å². The highest BCUT2D eigenvalue weighted by Gasteiger charge is 2.28. The zero-order chi connectivity index (χ0) is 16.5. The van der Waals surface area contributed by atoms with Crippen LogP contribution in [-0.4, -0.2) is 45.4 Å². The van der Waals surface area contributed by atoms with Crippen LogP contribution in [0.4, 0.5) is 9.59 Å². The van der Waals surface area contributed by atoms with E-state index >= 15 is 0 Å². The van der Waals surface area contributed by atoms with Crippen molar-refractivity contribution in [3.8, 4) is 5.75 Å². The van der Waals surface area contributed by atoms with Crippen LogP contribution in [0.3, 0.4) is 0 Å². The molecule has 118 valence electrons. The van der Waals surface area contributed by atoms with Crippen molar-refractivity contribution in [3.05, 3.63) is 29.3 Å². The van der Waals surface area contributed by atoms with Crippen LogP contribution in [0.1, 0.15) is 29.8 Å². The van der Waals surface area contributed by atoms with E-state index in [0.717, 1.165) is 0 Å². The molecule has 0 radical (unpaired) electrons. The van der Waals surface area contributed by atoms with Gasteiger partial charge in [0.05, 0.1) is 13.2 Å². The number of fused-ring (bicyclic) bond motifs is 1. The lowest BCUT2D eigenvalue weighted by atomic mass is 10.1. The summed E-state index contributed by atoms with van der Waals surface area (Å²) in [6, 6.07) is 4.55. The summed E-state index contributed by atoms with van der Waals surface area (Å²) < 4.78 is 11.0. The van der Waals surface area contributed by atoms with Gasteiger partial charge in [0, 0.05) is 25.0 Å². The highest BCUT2D eigenvalue weighted by molar-refractivity contribution is 6.02. The fourth-order valence-electron chi connectivity index (χ4n) is 1.96. The normalized spacial score (nSPS) is 15.4. The second-order valence-corrected chi connectivity index (χ2v) is 5.19. The molecule has 0 saturated heterocycles. The molecule has 0 bridgehead atoms. The van der Waals surface area contributed by atoms with Crippen LogP contribution in [0.5, 0.6) is 5.75 Å². The topological polar surface area (TPSA) is 113 Å². The van der Waals surface area contributed by atoms with Gasteiger partial charge in [-0.25, -0.2) is 14.5 Å².